The second-order valence-corrected chi connectivity index (χ2v) is 16.7. The molecule has 3 fully saturated rings. The molecule has 4 heterocycles. The molecule has 0 saturated carbocycles. The molecule has 0 aliphatic carbocycles. The Morgan fingerprint density at radius 2 is 1.96 bits per heavy atom. The number of aromatic hydroxyl groups is 2. The van der Waals surface area contributed by atoms with Gasteiger partial charge in [-0.15, -0.1) is 34.9 Å². The number of hydrogen-bond donors (Lipinski definition) is 7. The van der Waals surface area contributed by atoms with Gasteiger partial charge in [0.05, 0.1) is 37.9 Å². The number of rotatable bonds is 16. The van der Waals surface area contributed by atoms with Crippen molar-refractivity contribution in [2.24, 2.45) is 10.3 Å². The maximum atomic E-state index is 13.5. The molecule has 5 rings (SSSR count). The number of phenols is 2. The third kappa shape index (κ3) is 9.19. The van der Waals surface area contributed by atoms with Crippen molar-refractivity contribution in [1.29, 1.82) is 0 Å². The molecule has 0 radical (unpaired) electrons. The molecule has 1 unspecified atom stereocenters. The lowest BCUT2D eigenvalue weighted by atomic mass is 10.1. The number of hydrazone groups is 1. The summed E-state index contributed by atoms with van der Waals surface area (Å²) >= 11 is 10.0. The molecule has 8 N–H and O–H groups in total. The van der Waals surface area contributed by atoms with Crippen LogP contribution in [0.25, 0.3) is 0 Å². The summed E-state index contributed by atoms with van der Waals surface area (Å²) in [4.78, 5) is 62.5. The predicted octanol–water partition coefficient (Wildman–Crippen LogP) is 0.0223. The fourth-order valence-corrected chi connectivity index (χ4v) is 9.14. The van der Waals surface area contributed by atoms with Gasteiger partial charge < -0.3 is 56.0 Å². The van der Waals surface area contributed by atoms with Crippen molar-refractivity contribution < 1.29 is 53.9 Å². The molecule has 1 aromatic carbocycles. The number of oxime groups is 1. The number of thiazole rings is 1. The Morgan fingerprint density at radius 1 is 1.23 bits per heavy atom. The molecular weight excluding hydrogens is 780 g/mol. The highest BCUT2D eigenvalue weighted by Gasteiger charge is 2.60. The van der Waals surface area contributed by atoms with Crippen molar-refractivity contribution in [2.75, 3.05) is 64.3 Å². The van der Waals surface area contributed by atoms with E-state index in [1.54, 1.807) is 9.91 Å². The molecule has 3 aliphatic rings. The van der Waals surface area contributed by atoms with Crippen molar-refractivity contribution in [3.63, 3.8) is 0 Å². The fourth-order valence-electron chi connectivity index (χ4n) is 5.12. The van der Waals surface area contributed by atoms with E-state index < -0.39 is 63.1 Å². The van der Waals surface area contributed by atoms with Crippen molar-refractivity contribution in [2.45, 2.75) is 34.9 Å². The van der Waals surface area contributed by atoms with E-state index in [9.17, 15) is 39.6 Å². The number of carboxylic acid groups (broad SMARTS) is 1. The largest absolute Gasteiger partial charge is 0.504 e. The standard InChI is InChI=1S/C30H37ClN8O11S3/c1-29(2,27(46)47)50-37-20(16-11-51-28(32)34-16)24(44)35-21-25(45)39-12-30(13-49-14-40,53-26(21)39)52-10-5-33-23(43)19(36-38-6-8-48-9-7-38)15-3-4-17(41)22(42)18(15)31/h3-4,11,21,26,40-42H,5-10,12-14H2,1-2H3,(H2,32,34)(H,33,43)(H,35,44)(H,46,47)/b36-19-,37-20-/t21?,26-,30-/m1/s1. The van der Waals surface area contributed by atoms with Crippen LogP contribution in [-0.2, 0) is 33.5 Å². The van der Waals surface area contributed by atoms with Gasteiger partial charge in [0.15, 0.2) is 28.1 Å². The van der Waals surface area contributed by atoms with Crippen LogP contribution in [0.4, 0.5) is 5.13 Å². The van der Waals surface area contributed by atoms with Crippen LogP contribution in [-0.4, -0.2) is 150 Å². The highest BCUT2D eigenvalue weighted by atomic mass is 35.5. The maximum Gasteiger partial charge on any atom is 0.350 e. The van der Waals surface area contributed by atoms with E-state index >= 15 is 0 Å². The number of fused-ring (bicyclic) bond motifs is 1. The first-order valence-corrected chi connectivity index (χ1v) is 19.0. The molecule has 19 nitrogen and oxygen atoms in total. The molecule has 1 aromatic heterocycles. The van der Waals surface area contributed by atoms with Gasteiger partial charge in [0, 0.05) is 29.8 Å². The Labute approximate surface area is 319 Å². The quantitative estimate of drug-likeness (QED) is 0.0294. The Bertz CT molecular complexity index is 1790. The van der Waals surface area contributed by atoms with Crippen LogP contribution >= 0.6 is 46.5 Å². The first kappa shape index (κ1) is 40.1. The Kier molecular flexibility index (Phi) is 12.8. The van der Waals surface area contributed by atoms with Crippen LogP contribution in [0.3, 0.4) is 0 Å². The number of morpholine rings is 1. The number of aliphatic carboxylic acids is 1. The van der Waals surface area contributed by atoms with Gasteiger partial charge in [0.25, 0.3) is 11.8 Å². The van der Waals surface area contributed by atoms with Gasteiger partial charge in [-0.1, -0.05) is 16.8 Å². The lowest BCUT2D eigenvalue weighted by molar-refractivity contribution is -0.161. The number of benzene rings is 1. The molecule has 23 heteroatoms. The highest BCUT2D eigenvalue weighted by Crippen LogP contribution is 2.52. The van der Waals surface area contributed by atoms with Crippen LogP contribution in [0.1, 0.15) is 25.1 Å². The minimum absolute atomic E-state index is 0.0166. The fraction of sp³-hybridized carbons (Fsp3) is 0.500. The third-order valence-corrected chi connectivity index (χ3v) is 12.3. The molecule has 3 atom stereocenters. The second kappa shape index (κ2) is 17.0. The molecule has 3 amide bonds. The summed E-state index contributed by atoms with van der Waals surface area (Å²) in [6.45, 7) is 3.89. The van der Waals surface area contributed by atoms with Gasteiger partial charge in [-0.25, -0.2) is 9.78 Å². The zero-order valence-corrected chi connectivity index (χ0v) is 31.5. The van der Waals surface area contributed by atoms with Crippen molar-refractivity contribution >= 4 is 86.7 Å². The summed E-state index contributed by atoms with van der Waals surface area (Å²) in [5.41, 5.74) is 3.64. The van der Waals surface area contributed by atoms with E-state index in [1.165, 1.54) is 54.9 Å². The minimum atomic E-state index is -1.78. The summed E-state index contributed by atoms with van der Waals surface area (Å²) in [7, 11) is 0. The second-order valence-electron chi connectivity index (χ2n) is 12.1. The van der Waals surface area contributed by atoms with Crippen molar-refractivity contribution in [3.8, 4) is 11.5 Å². The minimum Gasteiger partial charge on any atom is -0.504 e. The normalized spacial score (nSPS) is 21.9. The van der Waals surface area contributed by atoms with Crippen LogP contribution in [0.15, 0.2) is 27.8 Å². The number of thioether (sulfide) groups is 2. The smallest absolute Gasteiger partial charge is 0.350 e. The number of nitrogen functional groups attached to an aromatic ring is 1. The number of aromatic nitrogens is 1. The number of carboxylic acids is 1. The van der Waals surface area contributed by atoms with Gasteiger partial charge in [-0.2, -0.15) is 5.10 Å². The number of ether oxygens (including phenoxy) is 2. The Hall–Kier alpha value is -4.06. The monoisotopic (exact) mass is 816 g/mol. The molecule has 0 bridgehead atoms. The first-order valence-electron chi connectivity index (χ1n) is 15.9. The molecule has 288 valence electrons. The predicted molar refractivity (Wildman–Crippen MR) is 196 cm³/mol. The number of nitrogens with zero attached hydrogens (tertiary/aromatic N) is 5. The lowest BCUT2D eigenvalue weighted by Crippen LogP contribution is -2.68. The molecule has 3 aliphatic heterocycles. The summed E-state index contributed by atoms with van der Waals surface area (Å²) in [5, 5.41) is 55.1. The number of anilines is 1. The molecule has 0 spiro atoms. The van der Waals surface area contributed by atoms with E-state index in [2.05, 4.69) is 25.9 Å². The average Bonchev–Trinajstić information content (AvgIpc) is 3.72. The summed E-state index contributed by atoms with van der Waals surface area (Å²) in [6.07, 6.45) is 0. The maximum absolute atomic E-state index is 13.5. The van der Waals surface area contributed by atoms with E-state index in [0.29, 0.717) is 32.1 Å². The van der Waals surface area contributed by atoms with E-state index in [-0.39, 0.29) is 52.5 Å². The van der Waals surface area contributed by atoms with Gasteiger partial charge in [0.1, 0.15) is 28.0 Å². The van der Waals surface area contributed by atoms with Gasteiger partial charge in [0.2, 0.25) is 11.5 Å². The Balaban J connectivity index is 1.25. The van der Waals surface area contributed by atoms with E-state index in [4.69, 9.17) is 31.6 Å². The lowest BCUT2D eigenvalue weighted by Gasteiger charge is -2.41. The highest BCUT2D eigenvalue weighted by molar-refractivity contribution is 8.18. The topological polar surface area (TPSA) is 271 Å². The number of phenolic OH excluding ortho intramolecular Hbond substituents is 2. The van der Waals surface area contributed by atoms with Crippen molar-refractivity contribution in [3.05, 3.63) is 33.8 Å². The first-order chi connectivity index (χ1) is 25.2. The summed E-state index contributed by atoms with van der Waals surface area (Å²) in [5.74, 6) is -3.88. The SMILES string of the molecule is CC(C)(O/N=C(\C(=O)NC1C(=O)N2C[C@@](COCO)(SCCNC(=O)/C(=N\N3CCOCC3)c3ccc(O)c(O)c3Cl)S[C@H]12)c1csc(N)n1)C(=O)O. The number of carbonyl (C=O) groups excluding carboxylic acids is 3. The number of aliphatic hydroxyl groups excluding tert-OH is 1. The zero-order valence-electron chi connectivity index (χ0n) is 28.3. The molecule has 53 heavy (non-hydrogen) atoms. The van der Waals surface area contributed by atoms with Gasteiger partial charge in [-0.3, -0.25) is 19.4 Å². The summed E-state index contributed by atoms with van der Waals surface area (Å²) < 4.78 is 9.93. The number of aliphatic hydroxyl groups is 1. The van der Waals surface area contributed by atoms with Crippen LogP contribution in [0.2, 0.25) is 5.02 Å². The zero-order chi connectivity index (χ0) is 38.5. The van der Waals surface area contributed by atoms with Crippen LogP contribution < -0.4 is 16.4 Å². The number of carbonyl (C=O) groups is 4. The molecule has 2 aromatic rings. The van der Waals surface area contributed by atoms with E-state index in [1.807, 2.05) is 0 Å². The van der Waals surface area contributed by atoms with Gasteiger partial charge in [-0.05, 0) is 26.0 Å². The van der Waals surface area contributed by atoms with Crippen LogP contribution in [0.5, 0.6) is 11.5 Å². The van der Waals surface area contributed by atoms with E-state index in [0.717, 1.165) is 11.3 Å². The molecule has 3 saturated heterocycles. The number of β-lactam (4-membered cyclic amide) rings is 1. The molecular formula is C30H37ClN8O11S3. The van der Waals surface area contributed by atoms with Crippen LogP contribution in [0, 0.1) is 0 Å². The number of halogens is 1. The number of nitrogens with two attached hydrogens (primary N) is 1. The third-order valence-electron chi connectivity index (χ3n) is 7.99. The van der Waals surface area contributed by atoms with Gasteiger partial charge >= 0.3 is 5.97 Å². The number of nitrogens with one attached hydrogen (secondary N) is 2. The number of hydrogen-bond acceptors (Lipinski definition) is 18. The average molecular weight is 817 g/mol. The number of amides is 3. The van der Waals surface area contributed by atoms with Crippen molar-refractivity contribution in [1.82, 2.24) is 25.5 Å². The summed E-state index contributed by atoms with van der Waals surface area (Å²) in [6, 6.07) is 1.58. The Morgan fingerprint density at radius 3 is 2.62 bits per heavy atom.